The predicted molar refractivity (Wildman–Crippen MR) is 74.5 cm³/mol. The molecule has 20 heavy (non-hydrogen) atoms. The molecular weight excluding hydrogens is 262 g/mol. The van der Waals surface area contributed by atoms with Crippen molar-refractivity contribution in [1.29, 1.82) is 0 Å². The van der Waals surface area contributed by atoms with Crippen molar-refractivity contribution < 1.29 is 13.6 Å². The van der Waals surface area contributed by atoms with E-state index in [1.165, 1.54) is 12.1 Å². The maximum absolute atomic E-state index is 13.0. The van der Waals surface area contributed by atoms with E-state index in [0.29, 0.717) is 16.8 Å². The molecule has 0 saturated heterocycles. The van der Waals surface area contributed by atoms with E-state index in [1.807, 2.05) is 13.0 Å². The average Bonchev–Trinajstić information content (AvgIpc) is 2.35. The van der Waals surface area contributed by atoms with Crippen LogP contribution < -0.4 is 11.1 Å². The monoisotopic (exact) mass is 280 g/mol. The molecule has 0 saturated carbocycles. The first-order valence-electron chi connectivity index (χ1n) is 6.30. The van der Waals surface area contributed by atoms with Crippen LogP contribution in [0.3, 0.4) is 0 Å². The number of amides is 1. The number of carbonyl (C=O) groups excluding carboxylic acids is 1. The van der Waals surface area contributed by atoms with Gasteiger partial charge in [0.05, 0.1) is 5.57 Å². The maximum atomic E-state index is 13.0. The molecule has 0 heterocycles. The second-order valence-electron chi connectivity index (χ2n) is 4.37. The highest BCUT2D eigenvalue weighted by Gasteiger charge is 2.09. The average molecular weight is 280 g/mol. The fourth-order valence-corrected chi connectivity index (χ4v) is 1.61. The minimum Gasteiger partial charge on any atom is -0.402 e. The number of allylic oxidation sites excluding steroid dienone is 2. The molecule has 0 spiro atoms. The molecule has 1 amide bonds. The Kier molecular flexibility index (Phi) is 5.90. The highest BCUT2D eigenvalue weighted by molar-refractivity contribution is 5.96. The van der Waals surface area contributed by atoms with E-state index in [4.69, 9.17) is 5.73 Å². The number of rotatable bonds is 5. The van der Waals surface area contributed by atoms with Crippen LogP contribution in [0.15, 0.2) is 41.6 Å². The topological polar surface area (TPSA) is 55.1 Å². The third kappa shape index (κ3) is 4.84. The number of carbonyl (C=O) groups is 1. The number of nitrogens with two attached hydrogens (primary N) is 1. The summed E-state index contributed by atoms with van der Waals surface area (Å²) in [6, 6.07) is 3.12. The standard InChI is InChI=1S/C15H18F2N2O/c1-3-4-5-14(10(2)18)15(20)19-9-11-6-12(16)8-13(17)7-11/h4-8H,3,9,18H2,1-2H3,(H,19,20)/b5-4-,14-10-. The molecule has 0 fully saturated rings. The summed E-state index contributed by atoms with van der Waals surface area (Å²) in [4.78, 5) is 11.9. The van der Waals surface area contributed by atoms with Gasteiger partial charge in [-0.1, -0.05) is 19.1 Å². The van der Waals surface area contributed by atoms with E-state index in [0.717, 1.165) is 12.5 Å². The molecule has 0 radical (unpaired) electrons. The first-order valence-corrected chi connectivity index (χ1v) is 6.30. The predicted octanol–water partition coefficient (Wildman–Crippen LogP) is 2.78. The minimum atomic E-state index is -0.675. The summed E-state index contributed by atoms with van der Waals surface area (Å²) < 4.78 is 26.0. The number of nitrogens with one attached hydrogen (secondary N) is 1. The Morgan fingerprint density at radius 3 is 2.40 bits per heavy atom. The SMILES string of the molecule is CC/C=C\C(C(=O)NCc1cc(F)cc(F)c1)=C(/C)N. The summed E-state index contributed by atoms with van der Waals surface area (Å²) in [6.45, 7) is 3.59. The quantitative estimate of drug-likeness (QED) is 0.643. The molecule has 3 N–H and O–H groups in total. The van der Waals surface area contributed by atoms with Crippen LogP contribution >= 0.6 is 0 Å². The van der Waals surface area contributed by atoms with Gasteiger partial charge in [-0.05, 0) is 31.0 Å². The van der Waals surface area contributed by atoms with Crippen molar-refractivity contribution in [3.05, 3.63) is 58.8 Å². The molecule has 1 aromatic carbocycles. The van der Waals surface area contributed by atoms with Crippen molar-refractivity contribution in [3.63, 3.8) is 0 Å². The Bertz CT molecular complexity index is 527. The third-order valence-corrected chi connectivity index (χ3v) is 2.57. The zero-order valence-electron chi connectivity index (χ0n) is 11.5. The van der Waals surface area contributed by atoms with Gasteiger partial charge >= 0.3 is 0 Å². The van der Waals surface area contributed by atoms with Crippen molar-refractivity contribution >= 4 is 5.91 Å². The number of hydrogen-bond acceptors (Lipinski definition) is 2. The first-order chi connectivity index (χ1) is 9.43. The molecule has 0 unspecified atom stereocenters. The Morgan fingerprint density at radius 1 is 1.30 bits per heavy atom. The Labute approximate surface area is 117 Å². The van der Waals surface area contributed by atoms with Crippen LogP contribution in [0, 0.1) is 11.6 Å². The van der Waals surface area contributed by atoms with E-state index in [9.17, 15) is 13.6 Å². The van der Waals surface area contributed by atoms with E-state index in [-0.39, 0.29) is 12.5 Å². The van der Waals surface area contributed by atoms with E-state index >= 15 is 0 Å². The van der Waals surface area contributed by atoms with Crippen molar-refractivity contribution in [1.82, 2.24) is 5.32 Å². The van der Waals surface area contributed by atoms with Gasteiger partial charge in [-0.3, -0.25) is 4.79 Å². The smallest absolute Gasteiger partial charge is 0.253 e. The molecule has 1 aromatic rings. The van der Waals surface area contributed by atoms with Crippen LogP contribution in [0.1, 0.15) is 25.8 Å². The van der Waals surface area contributed by atoms with Crippen LogP contribution in [-0.2, 0) is 11.3 Å². The van der Waals surface area contributed by atoms with Crippen molar-refractivity contribution in [2.75, 3.05) is 0 Å². The molecule has 5 heteroatoms. The molecule has 0 atom stereocenters. The molecule has 0 aromatic heterocycles. The molecular formula is C15H18F2N2O. The maximum Gasteiger partial charge on any atom is 0.253 e. The molecule has 1 rings (SSSR count). The Balaban J connectivity index is 2.75. The number of hydrogen-bond donors (Lipinski definition) is 2. The van der Waals surface area contributed by atoms with E-state index in [2.05, 4.69) is 5.32 Å². The van der Waals surface area contributed by atoms with E-state index < -0.39 is 11.6 Å². The summed E-state index contributed by atoms with van der Waals surface area (Å²) in [5, 5.41) is 2.58. The zero-order chi connectivity index (χ0) is 15.1. The fraction of sp³-hybridized carbons (Fsp3) is 0.267. The normalized spacial score (nSPS) is 12.4. The van der Waals surface area contributed by atoms with E-state index in [1.54, 1.807) is 13.0 Å². The van der Waals surface area contributed by atoms with Crippen molar-refractivity contribution in [3.8, 4) is 0 Å². The minimum absolute atomic E-state index is 0.0320. The van der Waals surface area contributed by atoms with Gasteiger partial charge in [0.15, 0.2) is 0 Å². The highest BCUT2D eigenvalue weighted by atomic mass is 19.1. The summed E-state index contributed by atoms with van der Waals surface area (Å²) in [5.41, 5.74) is 6.73. The van der Waals surface area contributed by atoms with Crippen LogP contribution in [-0.4, -0.2) is 5.91 Å². The molecule has 0 aliphatic carbocycles. The summed E-state index contributed by atoms with van der Waals surface area (Å²) >= 11 is 0. The second kappa shape index (κ2) is 7.43. The van der Waals surface area contributed by atoms with Gasteiger partial charge in [0, 0.05) is 18.3 Å². The van der Waals surface area contributed by atoms with Gasteiger partial charge in [-0.25, -0.2) is 8.78 Å². The molecule has 0 bridgehead atoms. The van der Waals surface area contributed by atoms with Gasteiger partial charge < -0.3 is 11.1 Å². The van der Waals surface area contributed by atoms with Crippen LogP contribution in [0.2, 0.25) is 0 Å². The lowest BCUT2D eigenvalue weighted by atomic mass is 10.1. The van der Waals surface area contributed by atoms with Crippen LogP contribution in [0.25, 0.3) is 0 Å². The lowest BCUT2D eigenvalue weighted by Crippen LogP contribution is -2.25. The van der Waals surface area contributed by atoms with Crippen molar-refractivity contribution in [2.24, 2.45) is 5.73 Å². The molecule has 3 nitrogen and oxygen atoms in total. The van der Waals surface area contributed by atoms with Crippen LogP contribution in [0.5, 0.6) is 0 Å². The molecule has 108 valence electrons. The second-order valence-corrected chi connectivity index (χ2v) is 4.37. The number of halogens is 2. The van der Waals surface area contributed by atoms with Gasteiger partial charge in [-0.2, -0.15) is 0 Å². The number of benzene rings is 1. The fourth-order valence-electron chi connectivity index (χ4n) is 1.61. The summed E-state index contributed by atoms with van der Waals surface area (Å²) in [7, 11) is 0. The van der Waals surface area contributed by atoms with Gasteiger partial charge in [-0.15, -0.1) is 0 Å². The van der Waals surface area contributed by atoms with Crippen molar-refractivity contribution in [2.45, 2.75) is 26.8 Å². The van der Waals surface area contributed by atoms with Crippen LogP contribution in [0.4, 0.5) is 8.78 Å². The van der Waals surface area contributed by atoms with Gasteiger partial charge in [0.2, 0.25) is 0 Å². The van der Waals surface area contributed by atoms with Gasteiger partial charge in [0.25, 0.3) is 5.91 Å². The highest BCUT2D eigenvalue weighted by Crippen LogP contribution is 2.08. The summed E-state index contributed by atoms with van der Waals surface area (Å²) in [6.07, 6.45) is 4.23. The summed E-state index contributed by atoms with van der Waals surface area (Å²) in [5.74, 6) is -1.73. The van der Waals surface area contributed by atoms with Gasteiger partial charge in [0.1, 0.15) is 11.6 Å². The Morgan fingerprint density at radius 2 is 1.90 bits per heavy atom. The molecule has 0 aliphatic heterocycles. The molecule has 0 aliphatic rings. The lowest BCUT2D eigenvalue weighted by molar-refractivity contribution is -0.117. The first kappa shape index (κ1) is 15.9. The Hall–Kier alpha value is -2.17. The lowest BCUT2D eigenvalue weighted by Gasteiger charge is -2.08. The largest absolute Gasteiger partial charge is 0.402 e. The third-order valence-electron chi connectivity index (χ3n) is 2.57. The zero-order valence-corrected chi connectivity index (χ0v) is 11.5.